The maximum atomic E-state index is 13.3. The molecule has 2 heterocycles. The summed E-state index contributed by atoms with van der Waals surface area (Å²) in [7, 11) is 0. The third-order valence-electron chi connectivity index (χ3n) is 5.65. The molecule has 9 heteroatoms. The highest BCUT2D eigenvalue weighted by atomic mass is 32.2. The molecule has 0 bridgehead atoms. The molecule has 1 fully saturated rings. The number of hydrogen-bond acceptors (Lipinski definition) is 7. The second-order valence-electron chi connectivity index (χ2n) is 8.93. The molecule has 8 nitrogen and oxygen atoms in total. The van der Waals surface area contributed by atoms with E-state index in [1.165, 1.54) is 24.6 Å². The smallest absolute Gasteiger partial charge is 0.287 e. The predicted molar refractivity (Wildman–Crippen MR) is 119 cm³/mol. The first-order valence-electron chi connectivity index (χ1n) is 11.2. The summed E-state index contributed by atoms with van der Waals surface area (Å²) < 4.78 is 7.47. The third-order valence-corrected chi connectivity index (χ3v) is 6.45. The molecule has 0 radical (unpaired) electrons. The number of aryl methyl sites for hydroxylation is 1. The van der Waals surface area contributed by atoms with Crippen LogP contribution in [0.15, 0.2) is 28.1 Å². The summed E-state index contributed by atoms with van der Waals surface area (Å²) in [4.78, 5) is 26.3. The van der Waals surface area contributed by atoms with Crippen molar-refractivity contribution in [1.82, 2.24) is 25.3 Å². The Bertz CT molecular complexity index is 843. The average Bonchev–Trinajstić information content (AvgIpc) is 3.33. The van der Waals surface area contributed by atoms with Gasteiger partial charge in [-0.05, 0) is 38.2 Å². The Morgan fingerprint density at radius 1 is 1.26 bits per heavy atom. The van der Waals surface area contributed by atoms with Crippen LogP contribution in [0.5, 0.6) is 0 Å². The van der Waals surface area contributed by atoms with Gasteiger partial charge in [-0.3, -0.25) is 14.3 Å². The lowest BCUT2D eigenvalue weighted by molar-refractivity contribution is -0.127. The van der Waals surface area contributed by atoms with Crippen LogP contribution in [0, 0.1) is 11.8 Å². The first kappa shape index (κ1) is 23.5. The molecule has 1 atom stereocenters. The highest BCUT2D eigenvalue weighted by Gasteiger charge is 2.40. The predicted octanol–water partition coefficient (Wildman–Crippen LogP) is 4.13. The molecule has 170 valence electrons. The van der Waals surface area contributed by atoms with E-state index in [2.05, 4.69) is 20.6 Å². The molecular formula is C22H33N5O3S. The molecule has 0 aromatic carbocycles. The fourth-order valence-electron chi connectivity index (χ4n) is 4.19. The second kappa shape index (κ2) is 10.9. The van der Waals surface area contributed by atoms with Crippen LogP contribution in [0.2, 0.25) is 0 Å². The van der Waals surface area contributed by atoms with E-state index in [1.807, 2.05) is 30.8 Å². The third kappa shape index (κ3) is 6.66. The van der Waals surface area contributed by atoms with Crippen LogP contribution in [0.25, 0.3) is 0 Å². The van der Waals surface area contributed by atoms with E-state index in [0.29, 0.717) is 23.9 Å². The number of rotatable bonds is 10. The van der Waals surface area contributed by atoms with Gasteiger partial charge in [0, 0.05) is 24.1 Å². The van der Waals surface area contributed by atoms with Crippen LogP contribution in [0.4, 0.5) is 0 Å². The Morgan fingerprint density at radius 3 is 2.65 bits per heavy atom. The summed E-state index contributed by atoms with van der Waals surface area (Å²) >= 11 is 1.38. The van der Waals surface area contributed by atoms with Gasteiger partial charge in [0.05, 0.1) is 6.54 Å². The van der Waals surface area contributed by atoms with Crippen LogP contribution >= 0.6 is 11.8 Å². The minimum atomic E-state index is -1.07. The number of amides is 1. The quantitative estimate of drug-likeness (QED) is 0.332. The largest absolute Gasteiger partial charge is 0.408 e. The summed E-state index contributed by atoms with van der Waals surface area (Å²) in [5.74, 6) is 0.471. The fourth-order valence-corrected chi connectivity index (χ4v) is 4.88. The first-order chi connectivity index (χ1) is 14.9. The molecule has 1 aliphatic carbocycles. The standard InChI is InChI=1S/C22H33N5O3S/c1-16(2)15-22(3,24-19(29)17-9-6-4-5-7-10-17)18(28)20-25-26-21(30-20)31-14-13-27-12-8-11-23-27/h8,11-12,16-17H,4-7,9-10,13-15H2,1-3H3,(H,24,29)/t22-/m0/s1. The number of Topliss-reactive ketones (excluding diaryl/α,β-unsaturated/α-hetero) is 1. The SMILES string of the molecule is CC(C)C[C@](C)(NC(=O)C1CCCCCC1)C(=O)c1nnc(SCCn2cccn2)o1. The highest BCUT2D eigenvalue weighted by molar-refractivity contribution is 7.99. The van der Waals surface area contributed by atoms with E-state index in [0.717, 1.165) is 25.7 Å². The Kier molecular flexibility index (Phi) is 8.28. The Morgan fingerprint density at radius 2 is 2.00 bits per heavy atom. The van der Waals surface area contributed by atoms with E-state index < -0.39 is 5.54 Å². The summed E-state index contributed by atoms with van der Waals surface area (Å²) in [5.41, 5.74) is -1.07. The van der Waals surface area contributed by atoms with Crippen molar-refractivity contribution >= 4 is 23.5 Å². The molecule has 2 aromatic heterocycles. The van der Waals surface area contributed by atoms with Crippen LogP contribution in [-0.4, -0.2) is 43.0 Å². The van der Waals surface area contributed by atoms with Gasteiger partial charge < -0.3 is 9.73 Å². The Hall–Kier alpha value is -2.16. The van der Waals surface area contributed by atoms with Crippen LogP contribution in [0.1, 0.15) is 76.4 Å². The Balaban J connectivity index is 1.65. The number of aromatic nitrogens is 4. The van der Waals surface area contributed by atoms with Gasteiger partial charge in [0.1, 0.15) is 5.54 Å². The maximum absolute atomic E-state index is 13.3. The van der Waals surface area contributed by atoms with Crippen LogP contribution < -0.4 is 5.32 Å². The molecule has 0 spiro atoms. The van der Waals surface area contributed by atoms with Gasteiger partial charge in [0.25, 0.3) is 11.1 Å². The topological polar surface area (TPSA) is 103 Å². The van der Waals surface area contributed by atoms with Gasteiger partial charge in [-0.1, -0.05) is 51.3 Å². The number of ketones is 1. The minimum Gasteiger partial charge on any atom is -0.408 e. The number of carbonyl (C=O) groups is 2. The lowest BCUT2D eigenvalue weighted by atomic mass is 9.85. The Labute approximate surface area is 187 Å². The van der Waals surface area contributed by atoms with Gasteiger partial charge in [-0.2, -0.15) is 5.10 Å². The molecule has 3 rings (SSSR count). The number of carbonyl (C=O) groups excluding carboxylic acids is 2. The first-order valence-corrected chi connectivity index (χ1v) is 12.2. The van der Waals surface area contributed by atoms with Crippen LogP contribution in [0.3, 0.4) is 0 Å². The van der Waals surface area contributed by atoms with Crippen molar-refractivity contribution in [3.8, 4) is 0 Å². The van der Waals surface area contributed by atoms with Crippen molar-refractivity contribution in [2.24, 2.45) is 11.8 Å². The molecule has 1 amide bonds. The van der Waals surface area contributed by atoms with Crippen LogP contribution in [-0.2, 0) is 11.3 Å². The molecule has 0 saturated heterocycles. The zero-order chi connectivity index (χ0) is 22.3. The van der Waals surface area contributed by atoms with E-state index in [4.69, 9.17) is 4.42 Å². The summed E-state index contributed by atoms with van der Waals surface area (Å²) in [6, 6.07) is 1.87. The molecule has 31 heavy (non-hydrogen) atoms. The minimum absolute atomic E-state index is 0.0297. The molecule has 2 aromatic rings. The van der Waals surface area contributed by atoms with Crippen molar-refractivity contribution in [3.05, 3.63) is 24.4 Å². The normalized spacial score (nSPS) is 17.3. The lowest BCUT2D eigenvalue weighted by Gasteiger charge is -2.31. The van der Waals surface area contributed by atoms with E-state index in [-0.39, 0.29) is 29.4 Å². The van der Waals surface area contributed by atoms with Gasteiger partial charge >= 0.3 is 0 Å². The number of nitrogens with one attached hydrogen (secondary N) is 1. The monoisotopic (exact) mass is 447 g/mol. The van der Waals surface area contributed by atoms with E-state index in [1.54, 1.807) is 13.1 Å². The number of thioether (sulfide) groups is 1. The van der Waals surface area contributed by atoms with E-state index >= 15 is 0 Å². The zero-order valence-electron chi connectivity index (χ0n) is 18.7. The van der Waals surface area contributed by atoms with Gasteiger partial charge in [-0.15, -0.1) is 10.2 Å². The molecule has 1 aliphatic rings. The summed E-state index contributed by atoms with van der Waals surface area (Å²) in [6.07, 6.45) is 10.4. The second-order valence-corrected chi connectivity index (χ2v) is 9.97. The summed E-state index contributed by atoms with van der Waals surface area (Å²) in [5, 5.41) is 15.5. The van der Waals surface area contributed by atoms with Gasteiger partial charge in [-0.25, -0.2) is 0 Å². The maximum Gasteiger partial charge on any atom is 0.287 e. The fraction of sp³-hybridized carbons (Fsp3) is 0.682. The van der Waals surface area contributed by atoms with Gasteiger partial charge in [0.2, 0.25) is 11.7 Å². The lowest BCUT2D eigenvalue weighted by Crippen LogP contribution is -2.54. The summed E-state index contributed by atoms with van der Waals surface area (Å²) in [6.45, 7) is 6.55. The number of hydrogen-bond donors (Lipinski definition) is 1. The average molecular weight is 448 g/mol. The number of nitrogens with zero attached hydrogens (tertiary/aromatic N) is 4. The molecule has 0 aliphatic heterocycles. The molecular weight excluding hydrogens is 414 g/mol. The van der Waals surface area contributed by atoms with E-state index in [9.17, 15) is 9.59 Å². The van der Waals surface area contributed by atoms with Crippen molar-refractivity contribution in [3.63, 3.8) is 0 Å². The van der Waals surface area contributed by atoms with Crippen molar-refractivity contribution < 1.29 is 14.0 Å². The molecule has 1 N–H and O–H groups in total. The van der Waals surface area contributed by atoms with Crippen molar-refractivity contribution in [1.29, 1.82) is 0 Å². The van der Waals surface area contributed by atoms with Crippen molar-refractivity contribution in [2.75, 3.05) is 5.75 Å². The zero-order valence-corrected chi connectivity index (χ0v) is 19.5. The molecule has 0 unspecified atom stereocenters. The van der Waals surface area contributed by atoms with Gasteiger partial charge in [0.15, 0.2) is 0 Å². The van der Waals surface area contributed by atoms with Crippen molar-refractivity contribution in [2.45, 2.75) is 83.0 Å². The molecule has 1 saturated carbocycles. The highest BCUT2D eigenvalue weighted by Crippen LogP contribution is 2.27.